The van der Waals surface area contributed by atoms with Gasteiger partial charge in [-0.05, 0) is 6.07 Å². The molecule has 2 heterocycles. The predicted molar refractivity (Wildman–Crippen MR) is 52.0 cm³/mol. The van der Waals surface area contributed by atoms with Crippen LogP contribution in [0.5, 0.6) is 0 Å². The van der Waals surface area contributed by atoms with Crippen molar-refractivity contribution in [2.75, 3.05) is 19.8 Å². The summed E-state index contributed by atoms with van der Waals surface area (Å²) in [5.74, 6) is -1.40. The summed E-state index contributed by atoms with van der Waals surface area (Å²) in [6, 6.07) is 0.590. The summed E-state index contributed by atoms with van der Waals surface area (Å²) < 4.78 is 9.84. The zero-order valence-corrected chi connectivity index (χ0v) is 8.46. The largest absolute Gasteiger partial charge is 0.480 e. The molecule has 1 aromatic rings. The van der Waals surface area contributed by atoms with Crippen LogP contribution < -0.4 is 0 Å². The van der Waals surface area contributed by atoms with E-state index in [0.29, 0.717) is 12.2 Å². The van der Waals surface area contributed by atoms with Crippen molar-refractivity contribution >= 4 is 11.9 Å². The Hall–Kier alpha value is -1.82. The molecular formula is C10H11NO5. The minimum atomic E-state index is -1.06. The molecule has 0 bridgehead atoms. The van der Waals surface area contributed by atoms with E-state index in [1.165, 1.54) is 23.5 Å². The molecule has 0 spiro atoms. The Balaban J connectivity index is 2.17. The zero-order chi connectivity index (χ0) is 11.5. The van der Waals surface area contributed by atoms with E-state index < -0.39 is 12.0 Å². The van der Waals surface area contributed by atoms with Crippen molar-refractivity contribution in [2.45, 2.75) is 6.04 Å². The van der Waals surface area contributed by atoms with Crippen molar-refractivity contribution in [1.82, 2.24) is 4.90 Å². The second kappa shape index (κ2) is 4.36. The van der Waals surface area contributed by atoms with E-state index in [2.05, 4.69) is 0 Å². The van der Waals surface area contributed by atoms with E-state index in [1.54, 1.807) is 0 Å². The van der Waals surface area contributed by atoms with Crippen molar-refractivity contribution in [3.63, 3.8) is 0 Å². The van der Waals surface area contributed by atoms with Gasteiger partial charge in [0.25, 0.3) is 5.91 Å². The molecule has 0 aromatic carbocycles. The number of nitrogens with zero attached hydrogens (tertiary/aromatic N) is 1. The molecule has 0 aliphatic carbocycles. The molecule has 86 valence electrons. The van der Waals surface area contributed by atoms with Crippen molar-refractivity contribution in [2.24, 2.45) is 0 Å². The number of morpholine rings is 1. The molecular weight excluding hydrogens is 214 g/mol. The Bertz CT molecular complexity index is 386. The summed E-state index contributed by atoms with van der Waals surface area (Å²) in [5.41, 5.74) is 0.355. The zero-order valence-electron chi connectivity index (χ0n) is 8.46. The topological polar surface area (TPSA) is 80.0 Å². The van der Waals surface area contributed by atoms with Gasteiger partial charge in [-0.1, -0.05) is 0 Å². The van der Waals surface area contributed by atoms with Gasteiger partial charge in [-0.2, -0.15) is 0 Å². The quantitative estimate of drug-likeness (QED) is 0.778. The van der Waals surface area contributed by atoms with Crippen LogP contribution in [-0.2, 0) is 9.53 Å². The lowest BCUT2D eigenvalue weighted by Gasteiger charge is -2.32. The summed E-state index contributed by atoms with van der Waals surface area (Å²) in [7, 11) is 0. The van der Waals surface area contributed by atoms with Crippen LogP contribution in [-0.4, -0.2) is 47.7 Å². The molecule has 0 radical (unpaired) electrons. The highest BCUT2D eigenvalue weighted by Crippen LogP contribution is 2.13. The van der Waals surface area contributed by atoms with E-state index in [1.807, 2.05) is 0 Å². The lowest BCUT2D eigenvalue weighted by Crippen LogP contribution is -2.52. The highest BCUT2D eigenvalue weighted by atomic mass is 16.5. The van der Waals surface area contributed by atoms with Crippen molar-refractivity contribution in [3.05, 3.63) is 24.2 Å². The van der Waals surface area contributed by atoms with E-state index >= 15 is 0 Å². The molecule has 2 rings (SSSR count). The van der Waals surface area contributed by atoms with Crippen LogP contribution in [0.4, 0.5) is 0 Å². The van der Waals surface area contributed by atoms with Gasteiger partial charge >= 0.3 is 5.97 Å². The first-order chi connectivity index (χ1) is 7.70. The fourth-order valence-electron chi connectivity index (χ4n) is 1.60. The number of ether oxygens (including phenoxy) is 1. The van der Waals surface area contributed by atoms with Crippen LogP contribution in [0.15, 0.2) is 23.0 Å². The molecule has 1 unspecified atom stereocenters. The van der Waals surface area contributed by atoms with Gasteiger partial charge in [-0.3, -0.25) is 4.79 Å². The second-order valence-corrected chi connectivity index (χ2v) is 3.44. The number of carbonyl (C=O) groups is 2. The maximum atomic E-state index is 11.9. The van der Waals surface area contributed by atoms with E-state index in [9.17, 15) is 9.59 Å². The van der Waals surface area contributed by atoms with Crippen LogP contribution in [0.2, 0.25) is 0 Å². The second-order valence-electron chi connectivity index (χ2n) is 3.44. The number of carboxylic acids is 1. The van der Waals surface area contributed by atoms with E-state index in [4.69, 9.17) is 14.3 Å². The average molecular weight is 225 g/mol. The van der Waals surface area contributed by atoms with Gasteiger partial charge < -0.3 is 19.2 Å². The van der Waals surface area contributed by atoms with Gasteiger partial charge in [0.2, 0.25) is 0 Å². The smallest absolute Gasteiger partial charge is 0.328 e. The Morgan fingerprint density at radius 1 is 1.50 bits per heavy atom. The normalized spacial score (nSPS) is 20.8. The minimum Gasteiger partial charge on any atom is -0.480 e. The lowest BCUT2D eigenvalue weighted by atomic mass is 10.2. The van der Waals surface area contributed by atoms with Crippen LogP contribution >= 0.6 is 0 Å². The molecule has 1 N–H and O–H groups in total. The summed E-state index contributed by atoms with van der Waals surface area (Å²) in [6.45, 7) is 0.660. The van der Waals surface area contributed by atoms with Gasteiger partial charge in [-0.15, -0.1) is 0 Å². The van der Waals surface area contributed by atoms with Crippen LogP contribution in [0, 0.1) is 0 Å². The van der Waals surface area contributed by atoms with Crippen molar-refractivity contribution in [3.8, 4) is 0 Å². The summed E-state index contributed by atoms with van der Waals surface area (Å²) >= 11 is 0. The number of hydrogen-bond donors (Lipinski definition) is 1. The van der Waals surface area contributed by atoms with Crippen LogP contribution in [0.1, 0.15) is 10.4 Å². The Morgan fingerprint density at radius 2 is 2.31 bits per heavy atom. The minimum absolute atomic E-state index is 0.0267. The third-order valence-electron chi connectivity index (χ3n) is 2.44. The number of rotatable bonds is 2. The number of amides is 1. The third-order valence-corrected chi connectivity index (χ3v) is 2.44. The molecule has 1 aliphatic heterocycles. The first-order valence-corrected chi connectivity index (χ1v) is 4.84. The Labute approximate surface area is 91.4 Å². The monoisotopic (exact) mass is 225 g/mol. The standard InChI is InChI=1S/C10H11NO5/c12-9(7-1-3-15-5-7)11-2-4-16-6-8(11)10(13)14/h1,3,5,8H,2,4,6H2,(H,13,14). The fourth-order valence-corrected chi connectivity index (χ4v) is 1.60. The predicted octanol–water partition coefficient (Wildman–Crippen LogP) is 0.205. The highest BCUT2D eigenvalue weighted by Gasteiger charge is 2.33. The maximum Gasteiger partial charge on any atom is 0.328 e. The molecule has 0 saturated carbocycles. The molecule has 1 aliphatic rings. The van der Waals surface area contributed by atoms with Gasteiger partial charge in [0.1, 0.15) is 6.26 Å². The summed E-state index contributed by atoms with van der Waals surface area (Å²) in [5, 5.41) is 8.96. The van der Waals surface area contributed by atoms with Gasteiger partial charge in [-0.25, -0.2) is 4.79 Å². The number of carboxylic acid groups (broad SMARTS) is 1. The van der Waals surface area contributed by atoms with Gasteiger partial charge in [0.15, 0.2) is 6.04 Å². The highest BCUT2D eigenvalue weighted by molar-refractivity contribution is 5.96. The first kappa shape index (κ1) is 10.7. The molecule has 6 nitrogen and oxygen atoms in total. The van der Waals surface area contributed by atoms with Crippen molar-refractivity contribution in [1.29, 1.82) is 0 Å². The molecule has 6 heteroatoms. The van der Waals surface area contributed by atoms with Gasteiger partial charge in [0.05, 0.1) is 25.0 Å². The Kier molecular flexibility index (Phi) is 2.91. The number of carbonyl (C=O) groups excluding carboxylic acids is 1. The van der Waals surface area contributed by atoms with Crippen LogP contribution in [0.3, 0.4) is 0 Å². The summed E-state index contributed by atoms with van der Waals surface area (Å²) in [4.78, 5) is 24.2. The van der Waals surface area contributed by atoms with Gasteiger partial charge in [0, 0.05) is 6.54 Å². The molecule has 1 aromatic heterocycles. The maximum absolute atomic E-state index is 11.9. The first-order valence-electron chi connectivity index (χ1n) is 4.84. The molecule has 16 heavy (non-hydrogen) atoms. The number of furan rings is 1. The molecule has 1 fully saturated rings. The summed E-state index contributed by atoms with van der Waals surface area (Å²) in [6.07, 6.45) is 2.68. The van der Waals surface area contributed by atoms with Crippen LogP contribution in [0.25, 0.3) is 0 Å². The lowest BCUT2D eigenvalue weighted by molar-refractivity contribution is -0.147. The molecule has 1 amide bonds. The average Bonchev–Trinajstić information content (AvgIpc) is 2.81. The number of hydrogen-bond acceptors (Lipinski definition) is 4. The molecule has 1 saturated heterocycles. The third kappa shape index (κ3) is 1.92. The van der Waals surface area contributed by atoms with E-state index in [-0.39, 0.29) is 19.1 Å². The SMILES string of the molecule is O=C(O)C1COCCN1C(=O)c1ccoc1. The molecule has 1 atom stereocenters. The number of aliphatic carboxylic acids is 1. The Morgan fingerprint density at radius 3 is 2.94 bits per heavy atom. The van der Waals surface area contributed by atoms with E-state index in [0.717, 1.165) is 0 Å². The fraction of sp³-hybridized carbons (Fsp3) is 0.400. The van der Waals surface area contributed by atoms with Crippen molar-refractivity contribution < 1.29 is 23.8 Å².